The lowest BCUT2D eigenvalue weighted by atomic mass is 10.2. The van der Waals surface area contributed by atoms with Crippen LogP contribution in [0.3, 0.4) is 0 Å². The van der Waals surface area contributed by atoms with E-state index >= 15 is 0 Å². The van der Waals surface area contributed by atoms with Crippen LogP contribution in [0.2, 0.25) is 0 Å². The molecule has 2 N–H and O–H groups in total. The molecule has 0 bridgehead atoms. The summed E-state index contributed by atoms with van der Waals surface area (Å²) in [5.41, 5.74) is 6.29. The lowest BCUT2D eigenvalue weighted by molar-refractivity contribution is 0.0186. The first-order valence-electron chi connectivity index (χ1n) is 8.74. The van der Waals surface area contributed by atoms with Crippen LogP contribution in [0.1, 0.15) is 36.6 Å². The second kappa shape index (κ2) is 8.66. The first-order valence-corrected chi connectivity index (χ1v) is 9.62. The zero-order valence-electron chi connectivity index (χ0n) is 13.8. The molecular weight excluding hydrogens is 308 g/mol. The van der Waals surface area contributed by atoms with Crippen molar-refractivity contribution in [2.45, 2.75) is 31.7 Å². The van der Waals surface area contributed by atoms with E-state index in [1.54, 1.807) is 0 Å². The molecule has 0 radical (unpaired) electrons. The van der Waals surface area contributed by atoms with Crippen molar-refractivity contribution in [3.63, 3.8) is 0 Å². The summed E-state index contributed by atoms with van der Waals surface area (Å²) in [6.07, 6.45) is 5.09. The van der Waals surface area contributed by atoms with Gasteiger partial charge in [0, 0.05) is 31.1 Å². The van der Waals surface area contributed by atoms with Gasteiger partial charge in [-0.1, -0.05) is 18.9 Å². The zero-order chi connectivity index (χ0) is 15.9. The fourth-order valence-electron chi connectivity index (χ4n) is 3.34. The number of nitrogens with zero attached hydrogens (tertiary/aromatic N) is 3. The van der Waals surface area contributed by atoms with Crippen molar-refractivity contribution in [3.8, 4) is 0 Å². The molecule has 1 aromatic rings. The van der Waals surface area contributed by atoms with Gasteiger partial charge in [-0.15, -0.1) is 11.3 Å². The van der Waals surface area contributed by atoms with Crippen molar-refractivity contribution in [3.05, 3.63) is 22.4 Å². The summed E-state index contributed by atoms with van der Waals surface area (Å²) >= 11 is 1.81. The molecule has 0 aliphatic carbocycles. The number of rotatable bonds is 4. The minimum Gasteiger partial charge on any atom is -0.379 e. The van der Waals surface area contributed by atoms with E-state index in [4.69, 9.17) is 15.5 Å². The Morgan fingerprint density at radius 1 is 1.17 bits per heavy atom. The summed E-state index contributed by atoms with van der Waals surface area (Å²) in [7, 11) is 0. The van der Waals surface area contributed by atoms with Crippen molar-refractivity contribution in [2.24, 2.45) is 10.7 Å². The Morgan fingerprint density at radius 2 is 1.91 bits per heavy atom. The van der Waals surface area contributed by atoms with Crippen LogP contribution in [-0.4, -0.2) is 61.7 Å². The number of hydrogen-bond donors (Lipinski definition) is 1. The molecule has 2 aliphatic rings. The number of likely N-dealkylation sites (tertiary alicyclic amines) is 1. The van der Waals surface area contributed by atoms with E-state index < -0.39 is 0 Å². The van der Waals surface area contributed by atoms with E-state index in [-0.39, 0.29) is 0 Å². The number of nitrogens with two attached hydrogens (primary N) is 1. The Hall–Kier alpha value is -1.11. The minimum absolute atomic E-state index is 0.324. The minimum atomic E-state index is 0.324. The Balaban J connectivity index is 1.66. The number of thiophene rings is 1. The van der Waals surface area contributed by atoms with Crippen LogP contribution in [0.5, 0.6) is 0 Å². The topological polar surface area (TPSA) is 54.1 Å². The molecule has 0 aromatic carbocycles. The van der Waals surface area contributed by atoms with Gasteiger partial charge in [0.25, 0.3) is 0 Å². The summed E-state index contributed by atoms with van der Waals surface area (Å²) < 4.78 is 5.49. The standard InChI is InChI=1S/C17H28N4OS/c18-17(21-7-3-1-2-4-8-21)19-14-15(16-6-5-13-23-16)20-9-11-22-12-10-20/h5-6,13,15H,1-4,7-12,14H2,(H2,18,19). The van der Waals surface area contributed by atoms with Crippen LogP contribution < -0.4 is 5.73 Å². The van der Waals surface area contributed by atoms with Crippen molar-refractivity contribution in [1.29, 1.82) is 0 Å². The van der Waals surface area contributed by atoms with Crippen LogP contribution >= 0.6 is 11.3 Å². The summed E-state index contributed by atoms with van der Waals surface area (Å²) in [6, 6.07) is 4.65. The maximum atomic E-state index is 6.29. The van der Waals surface area contributed by atoms with Gasteiger partial charge < -0.3 is 15.4 Å². The molecule has 5 nitrogen and oxygen atoms in total. The fraction of sp³-hybridized carbons (Fsp3) is 0.706. The first kappa shape index (κ1) is 16.7. The van der Waals surface area contributed by atoms with Crippen LogP contribution in [0.15, 0.2) is 22.5 Å². The third-order valence-electron chi connectivity index (χ3n) is 4.71. The normalized spacial score (nSPS) is 22.8. The summed E-state index contributed by atoms with van der Waals surface area (Å²) in [5, 5.41) is 2.14. The monoisotopic (exact) mass is 336 g/mol. The molecule has 2 saturated heterocycles. The van der Waals surface area contributed by atoms with E-state index in [9.17, 15) is 0 Å². The quantitative estimate of drug-likeness (QED) is 0.677. The van der Waals surface area contributed by atoms with Gasteiger partial charge >= 0.3 is 0 Å². The highest BCUT2D eigenvalue weighted by Gasteiger charge is 2.23. The molecular formula is C17H28N4OS. The molecule has 1 atom stereocenters. The molecule has 128 valence electrons. The van der Waals surface area contributed by atoms with Gasteiger partial charge in [-0.2, -0.15) is 0 Å². The number of hydrogen-bond acceptors (Lipinski definition) is 4. The molecule has 23 heavy (non-hydrogen) atoms. The lowest BCUT2D eigenvalue weighted by Crippen LogP contribution is -2.41. The zero-order valence-corrected chi connectivity index (χ0v) is 14.6. The molecule has 3 rings (SSSR count). The molecule has 0 spiro atoms. The van der Waals surface area contributed by atoms with Crippen LogP contribution in [-0.2, 0) is 4.74 Å². The summed E-state index contributed by atoms with van der Waals surface area (Å²) in [6.45, 7) is 6.42. The average molecular weight is 337 g/mol. The van der Waals surface area contributed by atoms with Gasteiger partial charge in [-0.25, -0.2) is 0 Å². The largest absolute Gasteiger partial charge is 0.379 e. The van der Waals surface area contributed by atoms with Crippen molar-refractivity contribution >= 4 is 17.3 Å². The highest BCUT2D eigenvalue weighted by atomic mass is 32.1. The third-order valence-corrected chi connectivity index (χ3v) is 5.69. The number of guanidine groups is 1. The Kier molecular flexibility index (Phi) is 6.30. The van der Waals surface area contributed by atoms with Gasteiger partial charge in [0.05, 0.1) is 25.8 Å². The van der Waals surface area contributed by atoms with E-state index in [2.05, 4.69) is 27.3 Å². The Labute approximate surface area is 143 Å². The second-order valence-corrected chi connectivity index (χ2v) is 7.26. The predicted molar refractivity (Wildman–Crippen MR) is 96.0 cm³/mol. The van der Waals surface area contributed by atoms with Crippen LogP contribution in [0, 0.1) is 0 Å². The van der Waals surface area contributed by atoms with Crippen molar-refractivity contribution < 1.29 is 4.74 Å². The van der Waals surface area contributed by atoms with Crippen LogP contribution in [0.25, 0.3) is 0 Å². The molecule has 0 amide bonds. The summed E-state index contributed by atoms with van der Waals surface area (Å²) in [5.74, 6) is 0.724. The van der Waals surface area contributed by atoms with Gasteiger partial charge in [-0.05, 0) is 24.3 Å². The second-order valence-electron chi connectivity index (χ2n) is 6.28. The van der Waals surface area contributed by atoms with E-state index in [1.165, 1.54) is 30.6 Å². The van der Waals surface area contributed by atoms with Gasteiger partial charge in [0.1, 0.15) is 0 Å². The van der Waals surface area contributed by atoms with Gasteiger partial charge in [-0.3, -0.25) is 9.89 Å². The van der Waals surface area contributed by atoms with Crippen molar-refractivity contribution in [1.82, 2.24) is 9.80 Å². The van der Waals surface area contributed by atoms with Crippen LogP contribution in [0.4, 0.5) is 0 Å². The predicted octanol–water partition coefficient (Wildman–Crippen LogP) is 2.31. The number of ether oxygens (including phenoxy) is 1. The van der Waals surface area contributed by atoms with Gasteiger partial charge in [0.2, 0.25) is 0 Å². The fourth-order valence-corrected chi connectivity index (χ4v) is 4.19. The highest BCUT2D eigenvalue weighted by Crippen LogP contribution is 2.26. The molecule has 3 heterocycles. The molecule has 1 unspecified atom stereocenters. The lowest BCUT2D eigenvalue weighted by Gasteiger charge is -2.33. The van der Waals surface area contributed by atoms with Crippen molar-refractivity contribution in [2.75, 3.05) is 45.9 Å². The molecule has 2 aliphatic heterocycles. The van der Waals surface area contributed by atoms with E-state index in [0.29, 0.717) is 6.04 Å². The molecule has 6 heteroatoms. The van der Waals surface area contributed by atoms with Gasteiger partial charge in [0.15, 0.2) is 5.96 Å². The first-order chi connectivity index (χ1) is 11.3. The molecule has 0 saturated carbocycles. The number of aliphatic imine (C=N–C) groups is 1. The van der Waals surface area contributed by atoms with E-state index in [1.807, 2.05) is 11.3 Å². The average Bonchev–Trinajstić information content (AvgIpc) is 2.97. The summed E-state index contributed by atoms with van der Waals surface area (Å²) in [4.78, 5) is 10.9. The SMILES string of the molecule is NC(=NCC(c1cccs1)N1CCOCC1)N1CCCCCC1. The number of morpholine rings is 1. The highest BCUT2D eigenvalue weighted by molar-refractivity contribution is 7.10. The Morgan fingerprint density at radius 3 is 2.57 bits per heavy atom. The smallest absolute Gasteiger partial charge is 0.191 e. The maximum Gasteiger partial charge on any atom is 0.191 e. The van der Waals surface area contributed by atoms with E-state index in [0.717, 1.165) is 51.9 Å². The molecule has 2 fully saturated rings. The molecule has 1 aromatic heterocycles. The maximum absolute atomic E-state index is 6.29. The Bertz CT molecular complexity index is 477. The third kappa shape index (κ3) is 4.68.